The largest absolute Gasteiger partial charge is 0.480 e. The molecule has 2 heterocycles. The second-order valence-electron chi connectivity index (χ2n) is 10.4. The number of carboxylic acid groups (broad SMARTS) is 1. The van der Waals surface area contributed by atoms with E-state index in [9.17, 15) is 29.4 Å². The highest BCUT2D eigenvalue weighted by atomic mass is 16.4. The standard InChI is InChI=1S/C29H36N4O6/c30-21(14-19-8-3-1-4-9-19)16-26(35)31-23(15-20-10-5-2-6-11-20)27(36)32-13-7-12-24(32)28(37)33-18-22(34)17-25(33)29(38)39/h1-6,8-11,21-25,34H,7,12-18,30H2,(H,31,35)(H,38,39)/t21-,22+,23-,24-,25-/m0/s1. The van der Waals surface area contributed by atoms with Gasteiger partial charge in [-0.1, -0.05) is 60.7 Å². The summed E-state index contributed by atoms with van der Waals surface area (Å²) in [6, 6.07) is 15.6. The van der Waals surface area contributed by atoms with Gasteiger partial charge >= 0.3 is 5.97 Å². The quantitative estimate of drug-likeness (QED) is 0.349. The Hall–Kier alpha value is -3.76. The maximum absolute atomic E-state index is 13.8. The molecule has 10 heteroatoms. The third-order valence-electron chi connectivity index (χ3n) is 7.37. The normalized spacial score (nSPS) is 22.4. The van der Waals surface area contributed by atoms with E-state index >= 15 is 0 Å². The Labute approximate surface area is 227 Å². The van der Waals surface area contributed by atoms with Gasteiger partial charge in [0.15, 0.2) is 0 Å². The van der Waals surface area contributed by atoms with Gasteiger partial charge in [0.05, 0.1) is 6.10 Å². The fourth-order valence-electron chi connectivity index (χ4n) is 5.50. The summed E-state index contributed by atoms with van der Waals surface area (Å²) in [7, 11) is 0. The van der Waals surface area contributed by atoms with Crippen molar-refractivity contribution in [3.8, 4) is 0 Å². The molecule has 2 saturated heterocycles. The van der Waals surface area contributed by atoms with Crippen molar-refractivity contribution in [2.45, 2.75) is 68.8 Å². The van der Waals surface area contributed by atoms with Crippen LogP contribution in [0.25, 0.3) is 0 Å². The van der Waals surface area contributed by atoms with Crippen LogP contribution in [0.5, 0.6) is 0 Å². The molecule has 0 radical (unpaired) electrons. The molecule has 0 aromatic heterocycles. The van der Waals surface area contributed by atoms with E-state index in [-0.39, 0.29) is 31.7 Å². The number of amides is 3. The molecule has 0 aliphatic carbocycles. The third kappa shape index (κ3) is 7.21. The van der Waals surface area contributed by atoms with E-state index in [0.717, 1.165) is 16.0 Å². The zero-order valence-electron chi connectivity index (χ0n) is 21.8. The van der Waals surface area contributed by atoms with Gasteiger partial charge in [0.25, 0.3) is 0 Å². The number of β-amino-alcohol motifs (C(OH)–C–C–N with tert-alkyl or cyclic N) is 1. The van der Waals surface area contributed by atoms with Crippen molar-refractivity contribution >= 4 is 23.7 Å². The molecule has 39 heavy (non-hydrogen) atoms. The molecular weight excluding hydrogens is 500 g/mol. The first-order valence-corrected chi connectivity index (χ1v) is 13.4. The van der Waals surface area contributed by atoms with Crippen LogP contribution in [0.15, 0.2) is 60.7 Å². The zero-order valence-corrected chi connectivity index (χ0v) is 21.8. The molecule has 2 aromatic carbocycles. The van der Waals surface area contributed by atoms with Crippen LogP contribution in [0.4, 0.5) is 0 Å². The molecule has 10 nitrogen and oxygen atoms in total. The maximum atomic E-state index is 13.8. The molecule has 4 rings (SSSR count). The number of nitrogens with two attached hydrogens (primary N) is 1. The van der Waals surface area contributed by atoms with Crippen molar-refractivity contribution in [1.82, 2.24) is 15.1 Å². The number of aliphatic hydroxyl groups is 1. The molecule has 5 N–H and O–H groups in total. The van der Waals surface area contributed by atoms with Gasteiger partial charge in [-0.05, 0) is 30.4 Å². The van der Waals surface area contributed by atoms with E-state index in [0.29, 0.717) is 25.8 Å². The number of nitrogens with one attached hydrogen (secondary N) is 1. The Balaban J connectivity index is 1.47. The van der Waals surface area contributed by atoms with E-state index in [2.05, 4.69) is 5.32 Å². The Morgan fingerprint density at radius 3 is 2.15 bits per heavy atom. The smallest absolute Gasteiger partial charge is 0.326 e. The number of carbonyl (C=O) groups excluding carboxylic acids is 3. The fraction of sp³-hybridized carbons (Fsp3) is 0.448. The highest BCUT2D eigenvalue weighted by molar-refractivity contribution is 5.94. The van der Waals surface area contributed by atoms with Crippen LogP contribution in [0.3, 0.4) is 0 Å². The van der Waals surface area contributed by atoms with Gasteiger partial charge in [-0.3, -0.25) is 14.4 Å². The van der Waals surface area contributed by atoms with Crippen molar-refractivity contribution in [2.24, 2.45) is 5.73 Å². The van der Waals surface area contributed by atoms with E-state index in [4.69, 9.17) is 5.73 Å². The molecule has 0 spiro atoms. The number of rotatable bonds is 10. The van der Waals surface area contributed by atoms with E-state index in [1.807, 2.05) is 60.7 Å². The van der Waals surface area contributed by atoms with Crippen LogP contribution in [-0.2, 0) is 32.0 Å². The summed E-state index contributed by atoms with van der Waals surface area (Å²) in [6.07, 6.45) is 0.768. The van der Waals surface area contributed by atoms with Crippen LogP contribution in [0.1, 0.15) is 36.8 Å². The second-order valence-corrected chi connectivity index (χ2v) is 10.4. The molecule has 0 bridgehead atoms. The van der Waals surface area contributed by atoms with E-state index in [1.165, 1.54) is 4.90 Å². The van der Waals surface area contributed by atoms with Crippen molar-refractivity contribution in [3.05, 3.63) is 71.8 Å². The number of likely N-dealkylation sites (tertiary alicyclic amines) is 2. The van der Waals surface area contributed by atoms with Crippen molar-refractivity contribution < 1.29 is 29.4 Å². The summed E-state index contributed by atoms with van der Waals surface area (Å²) in [5.74, 6) is -2.43. The van der Waals surface area contributed by atoms with E-state index in [1.54, 1.807) is 0 Å². The molecule has 2 aliphatic rings. The number of hydrogen-bond acceptors (Lipinski definition) is 6. The molecule has 5 atom stereocenters. The highest BCUT2D eigenvalue weighted by Crippen LogP contribution is 2.26. The number of carboxylic acids is 1. The van der Waals surface area contributed by atoms with Gasteiger partial charge in [-0.2, -0.15) is 0 Å². The second kappa shape index (κ2) is 12.9. The molecule has 2 fully saturated rings. The molecule has 208 valence electrons. The Kier molecular flexibility index (Phi) is 9.32. The monoisotopic (exact) mass is 536 g/mol. The molecular formula is C29H36N4O6. The lowest BCUT2D eigenvalue weighted by Gasteiger charge is -2.32. The molecule has 2 aromatic rings. The highest BCUT2D eigenvalue weighted by Gasteiger charge is 2.45. The lowest BCUT2D eigenvalue weighted by atomic mass is 10.0. The zero-order chi connectivity index (χ0) is 27.9. The van der Waals surface area contributed by atoms with Gasteiger partial charge in [0.1, 0.15) is 18.1 Å². The predicted octanol–water partition coefficient (Wildman–Crippen LogP) is 0.711. The van der Waals surface area contributed by atoms with Crippen molar-refractivity contribution in [2.75, 3.05) is 13.1 Å². The summed E-state index contributed by atoms with van der Waals surface area (Å²) in [6.45, 7) is 0.232. The third-order valence-corrected chi connectivity index (χ3v) is 7.37. The summed E-state index contributed by atoms with van der Waals surface area (Å²) < 4.78 is 0. The number of nitrogens with zero attached hydrogens (tertiary/aromatic N) is 2. The minimum Gasteiger partial charge on any atom is -0.480 e. The number of carbonyl (C=O) groups is 4. The lowest BCUT2D eigenvalue weighted by Crippen LogP contribution is -2.56. The Morgan fingerprint density at radius 2 is 1.54 bits per heavy atom. The van der Waals surface area contributed by atoms with Gasteiger partial charge < -0.3 is 31.1 Å². The minimum absolute atomic E-state index is 0.0295. The maximum Gasteiger partial charge on any atom is 0.326 e. The predicted molar refractivity (Wildman–Crippen MR) is 143 cm³/mol. The van der Waals surface area contributed by atoms with Crippen molar-refractivity contribution in [3.63, 3.8) is 0 Å². The first-order valence-electron chi connectivity index (χ1n) is 13.4. The number of aliphatic carboxylic acids is 1. The molecule has 3 amide bonds. The number of benzene rings is 2. The van der Waals surface area contributed by atoms with Gasteiger partial charge in [-0.25, -0.2) is 4.79 Å². The fourth-order valence-corrected chi connectivity index (χ4v) is 5.50. The average molecular weight is 537 g/mol. The Morgan fingerprint density at radius 1 is 0.923 bits per heavy atom. The molecule has 2 aliphatic heterocycles. The van der Waals surface area contributed by atoms with Gasteiger partial charge in [0.2, 0.25) is 17.7 Å². The summed E-state index contributed by atoms with van der Waals surface area (Å²) in [5.41, 5.74) is 8.10. The van der Waals surface area contributed by atoms with Crippen LogP contribution in [-0.4, -0.2) is 87.1 Å². The number of aliphatic hydroxyl groups excluding tert-OH is 1. The summed E-state index contributed by atoms with van der Waals surface area (Å²) >= 11 is 0. The van der Waals surface area contributed by atoms with Gasteiger partial charge in [0, 0.05) is 38.4 Å². The van der Waals surface area contributed by atoms with Crippen LogP contribution in [0, 0.1) is 0 Å². The summed E-state index contributed by atoms with van der Waals surface area (Å²) in [4.78, 5) is 54.5. The lowest BCUT2D eigenvalue weighted by molar-refractivity contribution is -0.152. The summed E-state index contributed by atoms with van der Waals surface area (Å²) in [5, 5.41) is 22.4. The number of hydrogen-bond donors (Lipinski definition) is 4. The van der Waals surface area contributed by atoms with Crippen LogP contribution < -0.4 is 11.1 Å². The van der Waals surface area contributed by atoms with E-state index < -0.39 is 48.1 Å². The van der Waals surface area contributed by atoms with Gasteiger partial charge in [-0.15, -0.1) is 0 Å². The topological polar surface area (TPSA) is 153 Å². The molecule has 0 unspecified atom stereocenters. The van der Waals surface area contributed by atoms with Crippen molar-refractivity contribution in [1.29, 1.82) is 0 Å². The first-order chi connectivity index (χ1) is 18.7. The Bertz CT molecular complexity index is 1160. The SMILES string of the molecule is N[C@H](CC(=O)N[C@@H](Cc1ccccc1)C(=O)N1CCC[C@H]1C(=O)N1C[C@H](O)C[C@H]1C(=O)O)Cc1ccccc1. The average Bonchev–Trinajstić information content (AvgIpc) is 3.56. The van der Waals surface area contributed by atoms with Crippen LogP contribution >= 0.6 is 0 Å². The minimum atomic E-state index is -1.18. The molecule has 0 saturated carbocycles. The first kappa shape index (κ1) is 28.3. The van der Waals surface area contributed by atoms with Crippen LogP contribution in [0.2, 0.25) is 0 Å².